The van der Waals surface area contributed by atoms with Gasteiger partial charge < -0.3 is 21.1 Å². The summed E-state index contributed by atoms with van der Waals surface area (Å²) in [5, 5.41) is 6.05. The van der Waals surface area contributed by atoms with Crippen LogP contribution in [0.25, 0.3) is 0 Å². The number of primary amides is 1. The SMILES string of the molecule is COc1ccc(NC(C)C(=O)Nc2ccc(C(N)=O)cc2)cc1Cc1ccccc1. The van der Waals surface area contributed by atoms with Crippen molar-refractivity contribution in [3.05, 3.63) is 89.5 Å². The third-order valence-corrected chi connectivity index (χ3v) is 4.73. The molecule has 1 unspecified atom stereocenters. The predicted molar refractivity (Wildman–Crippen MR) is 119 cm³/mol. The van der Waals surface area contributed by atoms with Crippen molar-refractivity contribution in [1.29, 1.82) is 0 Å². The fourth-order valence-electron chi connectivity index (χ4n) is 3.11. The predicted octanol–water partition coefficient (Wildman–Crippen LogP) is 3.82. The monoisotopic (exact) mass is 403 g/mol. The van der Waals surface area contributed by atoms with E-state index in [1.807, 2.05) is 36.4 Å². The van der Waals surface area contributed by atoms with Crippen LogP contribution in [0, 0.1) is 0 Å². The van der Waals surface area contributed by atoms with E-state index in [4.69, 9.17) is 10.5 Å². The largest absolute Gasteiger partial charge is 0.496 e. The lowest BCUT2D eigenvalue weighted by Crippen LogP contribution is -2.31. The summed E-state index contributed by atoms with van der Waals surface area (Å²) in [6.45, 7) is 1.79. The van der Waals surface area contributed by atoms with Crippen molar-refractivity contribution in [2.45, 2.75) is 19.4 Å². The van der Waals surface area contributed by atoms with Gasteiger partial charge in [0.15, 0.2) is 0 Å². The number of carbonyl (C=O) groups excluding carboxylic acids is 2. The van der Waals surface area contributed by atoms with Crippen molar-refractivity contribution >= 4 is 23.2 Å². The molecule has 154 valence electrons. The molecule has 30 heavy (non-hydrogen) atoms. The molecule has 2 amide bonds. The van der Waals surface area contributed by atoms with E-state index in [0.717, 1.165) is 23.4 Å². The van der Waals surface area contributed by atoms with Gasteiger partial charge in [0, 0.05) is 28.9 Å². The van der Waals surface area contributed by atoms with Crippen LogP contribution in [0.2, 0.25) is 0 Å². The number of ether oxygens (including phenoxy) is 1. The fraction of sp³-hybridized carbons (Fsp3) is 0.167. The highest BCUT2D eigenvalue weighted by Gasteiger charge is 2.14. The molecule has 1 atom stereocenters. The minimum Gasteiger partial charge on any atom is -0.496 e. The Morgan fingerprint density at radius 1 is 0.967 bits per heavy atom. The number of methoxy groups -OCH3 is 1. The zero-order chi connectivity index (χ0) is 21.5. The molecule has 6 nitrogen and oxygen atoms in total. The van der Waals surface area contributed by atoms with Crippen molar-refractivity contribution in [2.24, 2.45) is 5.73 Å². The number of benzene rings is 3. The van der Waals surface area contributed by atoms with E-state index < -0.39 is 11.9 Å². The van der Waals surface area contributed by atoms with E-state index in [1.165, 1.54) is 5.56 Å². The summed E-state index contributed by atoms with van der Waals surface area (Å²) in [5.74, 6) is 0.104. The lowest BCUT2D eigenvalue weighted by Gasteiger charge is -2.17. The number of hydrogen-bond acceptors (Lipinski definition) is 4. The van der Waals surface area contributed by atoms with Crippen molar-refractivity contribution < 1.29 is 14.3 Å². The van der Waals surface area contributed by atoms with Crippen LogP contribution in [-0.2, 0) is 11.2 Å². The van der Waals surface area contributed by atoms with Gasteiger partial charge in [-0.2, -0.15) is 0 Å². The van der Waals surface area contributed by atoms with Gasteiger partial charge in [-0.15, -0.1) is 0 Å². The molecule has 0 heterocycles. The molecule has 0 aliphatic heterocycles. The Morgan fingerprint density at radius 3 is 2.27 bits per heavy atom. The number of carbonyl (C=O) groups is 2. The first-order valence-corrected chi connectivity index (χ1v) is 9.64. The maximum Gasteiger partial charge on any atom is 0.248 e. The van der Waals surface area contributed by atoms with Crippen LogP contribution < -0.4 is 21.1 Å². The van der Waals surface area contributed by atoms with Gasteiger partial charge in [-0.3, -0.25) is 9.59 Å². The third kappa shape index (κ3) is 5.38. The third-order valence-electron chi connectivity index (χ3n) is 4.73. The number of rotatable bonds is 8. The van der Waals surface area contributed by atoms with Gasteiger partial charge in [-0.05, 0) is 55.0 Å². The van der Waals surface area contributed by atoms with Gasteiger partial charge in [-0.25, -0.2) is 0 Å². The molecule has 0 radical (unpaired) electrons. The molecule has 0 fully saturated rings. The number of anilines is 2. The van der Waals surface area contributed by atoms with E-state index in [2.05, 4.69) is 22.8 Å². The number of nitrogens with two attached hydrogens (primary N) is 1. The lowest BCUT2D eigenvalue weighted by molar-refractivity contribution is -0.116. The summed E-state index contributed by atoms with van der Waals surface area (Å²) in [4.78, 5) is 23.7. The zero-order valence-electron chi connectivity index (χ0n) is 17.0. The standard InChI is InChI=1S/C24H25N3O3/c1-16(24(29)27-20-10-8-18(9-11-20)23(25)28)26-21-12-13-22(30-2)19(15-21)14-17-6-4-3-5-7-17/h3-13,15-16,26H,14H2,1-2H3,(H2,25,28)(H,27,29). The van der Waals surface area contributed by atoms with Gasteiger partial charge in [0.05, 0.1) is 7.11 Å². The molecule has 0 bridgehead atoms. The van der Waals surface area contributed by atoms with Crippen LogP contribution in [0.15, 0.2) is 72.8 Å². The van der Waals surface area contributed by atoms with E-state index >= 15 is 0 Å². The Balaban J connectivity index is 1.67. The highest BCUT2D eigenvalue weighted by molar-refractivity contribution is 5.97. The van der Waals surface area contributed by atoms with Crippen molar-refractivity contribution in [2.75, 3.05) is 17.7 Å². The number of nitrogens with one attached hydrogen (secondary N) is 2. The molecule has 3 rings (SSSR count). The summed E-state index contributed by atoms with van der Waals surface area (Å²) in [6.07, 6.45) is 0.728. The topological polar surface area (TPSA) is 93.4 Å². The van der Waals surface area contributed by atoms with E-state index in [-0.39, 0.29) is 5.91 Å². The molecule has 0 aliphatic rings. The average Bonchev–Trinajstić information content (AvgIpc) is 2.75. The first kappa shape index (κ1) is 20.9. The summed E-state index contributed by atoms with van der Waals surface area (Å²) >= 11 is 0. The Bertz CT molecular complexity index is 1020. The average molecular weight is 403 g/mol. The van der Waals surface area contributed by atoms with Gasteiger partial charge in [-0.1, -0.05) is 30.3 Å². The van der Waals surface area contributed by atoms with Gasteiger partial charge in [0.2, 0.25) is 11.8 Å². The quantitative estimate of drug-likeness (QED) is 0.533. The van der Waals surface area contributed by atoms with Crippen LogP contribution in [0.5, 0.6) is 5.75 Å². The molecule has 0 saturated heterocycles. The second kappa shape index (κ2) is 9.60. The summed E-state index contributed by atoms with van der Waals surface area (Å²) < 4.78 is 5.49. The fourth-order valence-corrected chi connectivity index (χ4v) is 3.11. The normalized spacial score (nSPS) is 11.4. The van der Waals surface area contributed by atoms with Crippen LogP contribution in [-0.4, -0.2) is 25.0 Å². The van der Waals surface area contributed by atoms with Gasteiger partial charge >= 0.3 is 0 Å². The molecule has 4 N–H and O–H groups in total. The second-order valence-corrected chi connectivity index (χ2v) is 6.99. The lowest BCUT2D eigenvalue weighted by atomic mass is 10.0. The highest BCUT2D eigenvalue weighted by Crippen LogP contribution is 2.26. The van der Waals surface area contributed by atoms with Crippen LogP contribution in [0.1, 0.15) is 28.4 Å². The maximum absolute atomic E-state index is 12.5. The molecular weight excluding hydrogens is 378 g/mol. The highest BCUT2D eigenvalue weighted by atomic mass is 16.5. The smallest absolute Gasteiger partial charge is 0.248 e. The van der Waals surface area contributed by atoms with Gasteiger partial charge in [0.25, 0.3) is 0 Å². The maximum atomic E-state index is 12.5. The molecule has 0 saturated carbocycles. The van der Waals surface area contributed by atoms with Crippen LogP contribution >= 0.6 is 0 Å². The molecule has 0 aromatic heterocycles. The molecule has 3 aromatic carbocycles. The Hall–Kier alpha value is -3.80. The minimum absolute atomic E-state index is 0.192. The van der Waals surface area contributed by atoms with E-state index in [1.54, 1.807) is 38.3 Å². The van der Waals surface area contributed by atoms with Crippen molar-refractivity contribution in [3.8, 4) is 5.75 Å². The number of amides is 2. The van der Waals surface area contributed by atoms with Crippen LogP contribution in [0.4, 0.5) is 11.4 Å². The molecule has 6 heteroatoms. The van der Waals surface area contributed by atoms with Crippen LogP contribution in [0.3, 0.4) is 0 Å². The van der Waals surface area contributed by atoms with E-state index in [9.17, 15) is 9.59 Å². The van der Waals surface area contributed by atoms with Crippen molar-refractivity contribution in [1.82, 2.24) is 0 Å². The number of hydrogen-bond donors (Lipinski definition) is 3. The minimum atomic E-state index is -0.506. The summed E-state index contributed by atoms with van der Waals surface area (Å²) in [7, 11) is 1.65. The zero-order valence-corrected chi connectivity index (χ0v) is 17.0. The Labute approximate surface area is 176 Å². The van der Waals surface area contributed by atoms with E-state index in [0.29, 0.717) is 11.3 Å². The summed E-state index contributed by atoms with van der Waals surface area (Å²) in [6, 6.07) is 21.9. The first-order chi connectivity index (χ1) is 14.5. The molecule has 0 aliphatic carbocycles. The molecular formula is C24H25N3O3. The molecule has 3 aromatic rings. The Morgan fingerprint density at radius 2 is 1.63 bits per heavy atom. The second-order valence-electron chi connectivity index (χ2n) is 6.99. The summed E-state index contributed by atoms with van der Waals surface area (Å²) in [5.41, 5.74) is 9.26. The molecule has 0 spiro atoms. The first-order valence-electron chi connectivity index (χ1n) is 9.64. The Kier molecular flexibility index (Phi) is 6.70. The van der Waals surface area contributed by atoms with Gasteiger partial charge in [0.1, 0.15) is 11.8 Å². The van der Waals surface area contributed by atoms with Crippen molar-refractivity contribution in [3.63, 3.8) is 0 Å².